The van der Waals surface area contributed by atoms with Gasteiger partial charge in [0.25, 0.3) is 5.91 Å². The predicted octanol–water partition coefficient (Wildman–Crippen LogP) is 1.19. The Morgan fingerprint density at radius 2 is 2.00 bits per heavy atom. The average molecular weight is 288 g/mol. The van der Waals surface area contributed by atoms with Crippen molar-refractivity contribution in [2.24, 2.45) is 0 Å². The maximum Gasteiger partial charge on any atom is 0.257 e. The minimum Gasteiger partial charge on any atom is -0.329 e. The highest BCUT2D eigenvalue weighted by molar-refractivity contribution is 5.93. The van der Waals surface area contributed by atoms with Gasteiger partial charge in [-0.3, -0.25) is 9.48 Å². The average Bonchev–Trinajstić information content (AvgIpc) is 3.05. The Labute approximate surface area is 123 Å². The molecule has 0 saturated carbocycles. The molecule has 0 unspecified atom stereocenters. The van der Waals surface area contributed by atoms with E-state index in [1.54, 1.807) is 11.1 Å². The third-order valence-corrected chi connectivity index (χ3v) is 3.74. The van der Waals surface area contributed by atoms with E-state index in [1.165, 1.54) is 0 Å². The van der Waals surface area contributed by atoms with Crippen molar-refractivity contribution in [1.29, 1.82) is 0 Å². The molecule has 3 heterocycles. The van der Waals surface area contributed by atoms with Crippen molar-refractivity contribution in [1.82, 2.24) is 29.4 Å². The Morgan fingerprint density at radius 3 is 2.67 bits per heavy atom. The van der Waals surface area contributed by atoms with Gasteiger partial charge in [-0.25, -0.2) is 0 Å². The van der Waals surface area contributed by atoms with Crippen molar-refractivity contribution in [3.63, 3.8) is 0 Å². The Kier molecular flexibility index (Phi) is 3.07. The third-order valence-electron chi connectivity index (χ3n) is 3.74. The fourth-order valence-electron chi connectivity index (χ4n) is 2.46. The molecule has 3 rings (SSSR count). The van der Waals surface area contributed by atoms with Gasteiger partial charge in [0.1, 0.15) is 5.82 Å². The Morgan fingerprint density at radius 1 is 1.24 bits per heavy atom. The zero-order valence-electron chi connectivity index (χ0n) is 12.9. The van der Waals surface area contributed by atoms with Crippen molar-refractivity contribution in [2.45, 2.75) is 46.3 Å². The first-order chi connectivity index (χ1) is 9.86. The van der Waals surface area contributed by atoms with Crippen LogP contribution in [0, 0.1) is 6.92 Å². The van der Waals surface area contributed by atoms with Gasteiger partial charge in [-0.1, -0.05) is 0 Å². The molecule has 7 heteroatoms. The van der Waals surface area contributed by atoms with E-state index in [1.807, 2.05) is 17.8 Å². The van der Waals surface area contributed by atoms with Crippen LogP contribution in [-0.2, 0) is 18.6 Å². The molecule has 112 valence electrons. The minimum absolute atomic E-state index is 0.00240. The molecule has 0 N–H and O–H groups in total. The smallest absolute Gasteiger partial charge is 0.257 e. The molecular formula is C14H20N6O. The summed E-state index contributed by atoms with van der Waals surface area (Å²) in [5, 5.41) is 12.5. The summed E-state index contributed by atoms with van der Waals surface area (Å²) in [5.41, 5.74) is 0.493. The first-order valence-electron chi connectivity index (χ1n) is 7.09. The number of nitrogens with zero attached hydrogens (tertiary/aromatic N) is 6. The first-order valence-corrected chi connectivity index (χ1v) is 7.09. The Balaban J connectivity index is 1.79. The van der Waals surface area contributed by atoms with Gasteiger partial charge in [-0.05, 0) is 27.7 Å². The molecule has 0 radical (unpaired) electrons. The second-order valence-electron chi connectivity index (χ2n) is 6.39. The van der Waals surface area contributed by atoms with E-state index in [4.69, 9.17) is 0 Å². The van der Waals surface area contributed by atoms with Crippen molar-refractivity contribution in [3.05, 3.63) is 29.6 Å². The van der Waals surface area contributed by atoms with Crippen LogP contribution in [0.25, 0.3) is 0 Å². The lowest BCUT2D eigenvalue weighted by atomic mass is 10.1. The SMILES string of the molecule is Cc1nnc2n1CCN(C(=O)c1cnn(C(C)(C)C)c1)C2. The molecule has 2 aromatic heterocycles. The fourth-order valence-corrected chi connectivity index (χ4v) is 2.46. The van der Waals surface area contributed by atoms with Crippen LogP contribution in [0.2, 0.25) is 0 Å². The topological polar surface area (TPSA) is 68.8 Å². The number of aryl methyl sites for hydroxylation is 1. The zero-order chi connectivity index (χ0) is 15.2. The molecule has 7 nitrogen and oxygen atoms in total. The number of hydrogen-bond donors (Lipinski definition) is 0. The molecule has 1 amide bonds. The minimum atomic E-state index is -0.127. The number of aromatic nitrogens is 5. The van der Waals surface area contributed by atoms with Gasteiger partial charge in [0.05, 0.1) is 23.8 Å². The van der Waals surface area contributed by atoms with Gasteiger partial charge in [-0.15, -0.1) is 10.2 Å². The quantitative estimate of drug-likeness (QED) is 0.790. The van der Waals surface area contributed by atoms with E-state index in [9.17, 15) is 4.79 Å². The van der Waals surface area contributed by atoms with Crippen molar-refractivity contribution in [3.8, 4) is 0 Å². The molecule has 1 aliphatic heterocycles. The molecule has 2 aromatic rings. The van der Waals surface area contributed by atoms with E-state index in [0.717, 1.165) is 18.2 Å². The van der Waals surface area contributed by atoms with E-state index >= 15 is 0 Å². The lowest BCUT2D eigenvalue weighted by molar-refractivity contribution is 0.0706. The maximum atomic E-state index is 12.6. The van der Waals surface area contributed by atoms with Crippen molar-refractivity contribution < 1.29 is 4.79 Å². The van der Waals surface area contributed by atoms with E-state index in [2.05, 4.69) is 40.6 Å². The summed E-state index contributed by atoms with van der Waals surface area (Å²) >= 11 is 0. The first kappa shape index (κ1) is 13.8. The number of carbonyl (C=O) groups is 1. The van der Waals surface area contributed by atoms with E-state index in [-0.39, 0.29) is 11.4 Å². The molecule has 0 bridgehead atoms. The normalized spacial score (nSPS) is 15.1. The van der Waals surface area contributed by atoms with Gasteiger partial charge in [0, 0.05) is 19.3 Å². The Bertz CT molecular complexity index is 678. The molecule has 0 saturated heterocycles. The number of rotatable bonds is 1. The van der Waals surface area contributed by atoms with Crippen LogP contribution in [0.5, 0.6) is 0 Å². The molecule has 21 heavy (non-hydrogen) atoms. The van der Waals surface area contributed by atoms with Gasteiger partial charge >= 0.3 is 0 Å². The summed E-state index contributed by atoms with van der Waals surface area (Å²) in [4.78, 5) is 14.4. The van der Waals surface area contributed by atoms with Crippen LogP contribution in [0.4, 0.5) is 0 Å². The van der Waals surface area contributed by atoms with Crippen LogP contribution < -0.4 is 0 Å². The second-order valence-corrected chi connectivity index (χ2v) is 6.39. The Hall–Kier alpha value is -2.18. The number of hydrogen-bond acceptors (Lipinski definition) is 4. The van der Waals surface area contributed by atoms with Crippen LogP contribution in [-0.4, -0.2) is 41.9 Å². The number of fused-ring (bicyclic) bond motifs is 1. The molecule has 0 aliphatic carbocycles. The van der Waals surface area contributed by atoms with Gasteiger partial charge < -0.3 is 9.47 Å². The van der Waals surface area contributed by atoms with Gasteiger partial charge in [-0.2, -0.15) is 5.10 Å². The molecule has 0 atom stereocenters. The van der Waals surface area contributed by atoms with E-state index < -0.39 is 0 Å². The van der Waals surface area contributed by atoms with Gasteiger partial charge in [0.2, 0.25) is 0 Å². The number of carbonyl (C=O) groups excluding carboxylic acids is 1. The van der Waals surface area contributed by atoms with Crippen LogP contribution in [0.1, 0.15) is 42.8 Å². The summed E-state index contributed by atoms with van der Waals surface area (Å²) in [6.07, 6.45) is 3.45. The number of amides is 1. The molecule has 0 spiro atoms. The predicted molar refractivity (Wildman–Crippen MR) is 76.7 cm³/mol. The second kappa shape index (κ2) is 4.68. The zero-order valence-corrected chi connectivity index (χ0v) is 12.9. The summed E-state index contributed by atoms with van der Waals surface area (Å²) in [6, 6.07) is 0. The highest BCUT2D eigenvalue weighted by Gasteiger charge is 2.26. The fraction of sp³-hybridized carbons (Fsp3) is 0.571. The largest absolute Gasteiger partial charge is 0.329 e. The standard InChI is InChI=1S/C14H20N6O/c1-10-16-17-12-9-18(5-6-19(10)12)13(21)11-7-15-20(8-11)14(2,3)4/h7-8H,5-6,9H2,1-4H3. The van der Waals surface area contributed by atoms with E-state index in [0.29, 0.717) is 18.7 Å². The monoisotopic (exact) mass is 288 g/mol. The van der Waals surface area contributed by atoms with Gasteiger partial charge in [0.15, 0.2) is 5.82 Å². The van der Waals surface area contributed by atoms with Crippen LogP contribution in [0.15, 0.2) is 12.4 Å². The maximum absolute atomic E-state index is 12.6. The summed E-state index contributed by atoms with van der Waals surface area (Å²) < 4.78 is 3.87. The highest BCUT2D eigenvalue weighted by Crippen LogP contribution is 2.17. The molecule has 1 aliphatic rings. The summed E-state index contributed by atoms with van der Waals surface area (Å²) in [5.74, 6) is 1.74. The van der Waals surface area contributed by atoms with Crippen LogP contribution in [0.3, 0.4) is 0 Å². The molecule has 0 aromatic carbocycles. The summed E-state index contributed by atoms with van der Waals surface area (Å²) in [7, 11) is 0. The highest BCUT2D eigenvalue weighted by atomic mass is 16.2. The lowest BCUT2D eigenvalue weighted by Gasteiger charge is -2.27. The summed E-state index contributed by atoms with van der Waals surface area (Å²) in [6.45, 7) is 10.0. The molecular weight excluding hydrogens is 268 g/mol. The van der Waals surface area contributed by atoms with Crippen molar-refractivity contribution in [2.75, 3.05) is 6.54 Å². The van der Waals surface area contributed by atoms with Crippen molar-refractivity contribution >= 4 is 5.91 Å². The third kappa shape index (κ3) is 2.43. The molecule has 0 fully saturated rings. The van der Waals surface area contributed by atoms with Crippen LogP contribution >= 0.6 is 0 Å². The lowest BCUT2D eigenvalue weighted by Crippen LogP contribution is -2.38.